The number of ether oxygens (including phenoxy) is 3. The molecule has 11 nitrogen and oxygen atoms in total. The van der Waals surface area contributed by atoms with Crippen molar-refractivity contribution >= 4 is 23.8 Å². The number of anilines is 1. The van der Waals surface area contributed by atoms with Crippen molar-refractivity contribution in [2.75, 3.05) is 38.7 Å². The average Bonchev–Trinajstić information content (AvgIpc) is 3.06. The summed E-state index contributed by atoms with van der Waals surface area (Å²) in [4.78, 5) is 41.6. The summed E-state index contributed by atoms with van der Waals surface area (Å²) in [7, 11) is 1.03. The van der Waals surface area contributed by atoms with E-state index in [1.54, 1.807) is 0 Å². The Morgan fingerprint density at radius 3 is 2.30 bits per heavy atom. The highest BCUT2D eigenvalue weighted by molar-refractivity contribution is 5.98. The Bertz CT molecular complexity index is 1620. The van der Waals surface area contributed by atoms with Crippen LogP contribution >= 0.6 is 0 Å². The third kappa shape index (κ3) is 11.0. The van der Waals surface area contributed by atoms with Gasteiger partial charge in [-0.3, -0.25) is 9.78 Å². The van der Waals surface area contributed by atoms with Crippen molar-refractivity contribution in [1.82, 2.24) is 20.9 Å². The van der Waals surface area contributed by atoms with Crippen LogP contribution in [-0.2, 0) is 25.4 Å². The van der Waals surface area contributed by atoms with Gasteiger partial charge in [0, 0.05) is 36.7 Å². The monoisotopic (exact) mass is 715 g/mol. The summed E-state index contributed by atoms with van der Waals surface area (Å²) in [5.74, 6) is -5.63. The van der Waals surface area contributed by atoms with E-state index < -0.39 is 78.3 Å². The van der Waals surface area contributed by atoms with Crippen LogP contribution in [0.15, 0.2) is 54.9 Å². The minimum absolute atomic E-state index is 0.00853. The molecule has 0 aliphatic carbocycles. The van der Waals surface area contributed by atoms with Crippen molar-refractivity contribution in [3.05, 3.63) is 94.8 Å². The zero-order valence-electron chi connectivity index (χ0n) is 26.3. The second-order valence-corrected chi connectivity index (χ2v) is 11.2. The Morgan fingerprint density at radius 2 is 1.68 bits per heavy atom. The van der Waals surface area contributed by atoms with Gasteiger partial charge in [-0.05, 0) is 48.2 Å². The number of hydrogen-bond acceptors (Lipinski definition) is 8. The number of amides is 3. The van der Waals surface area contributed by atoms with Gasteiger partial charge in [0.25, 0.3) is 0 Å². The molecular formula is C32H32F7N5O6. The molecule has 0 saturated carbocycles. The van der Waals surface area contributed by atoms with E-state index in [1.807, 2.05) is 0 Å². The van der Waals surface area contributed by atoms with Crippen LogP contribution in [0.3, 0.4) is 0 Å². The lowest BCUT2D eigenvalue weighted by Gasteiger charge is -2.30. The molecule has 1 saturated heterocycles. The molecule has 0 radical (unpaired) electrons. The number of alkyl halides is 3. The smallest absolute Gasteiger partial charge is 0.422 e. The Hall–Kier alpha value is -4.97. The van der Waals surface area contributed by atoms with Gasteiger partial charge in [-0.25, -0.2) is 27.2 Å². The Kier molecular flexibility index (Phi) is 12.9. The maximum atomic E-state index is 15.1. The maximum absolute atomic E-state index is 15.1. The van der Waals surface area contributed by atoms with E-state index in [-0.39, 0.29) is 54.9 Å². The fraction of sp³-hybridized carbons (Fsp3) is 0.375. The van der Waals surface area contributed by atoms with Crippen LogP contribution in [0, 0.1) is 23.3 Å². The minimum atomic E-state index is -4.66. The average molecular weight is 716 g/mol. The largest absolute Gasteiger partial charge is 0.453 e. The third-order valence-corrected chi connectivity index (χ3v) is 7.55. The standard InChI is InChI=1S/C32H32F7N5O6/c1-48-31(47)44-28(27(17-2-4-19(33)5-3-17)18-8-20(34)10-21(35)9-18)29(45)43-26-14-40-13-25(36)24(26)7-6-23-12-41-22(15-49-23)11-42-30(46)50-16-32(37,38)39/h2-5,8-10,13-14,22-23,27-28,41H,6-7,11-12,15-16H2,1H3,(H,42,46)(H,43,45)(H,44,47)/t22-,23-,27+,28+/m1/s1. The number of carbonyl (C=O) groups is 3. The number of aromatic nitrogens is 1. The molecule has 1 fully saturated rings. The molecule has 2 aromatic carbocycles. The summed E-state index contributed by atoms with van der Waals surface area (Å²) in [5, 5.41) is 10.2. The highest BCUT2D eigenvalue weighted by Crippen LogP contribution is 2.31. The number of benzene rings is 2. The predicted octanol–water partition coefficient (Wildman–Crippen LogP) is 4.71. The number of pyridine rings is 1. The SMILES string of the molecule is COC(=O)N[C@H](C(=O)Nc1cncc(F)c1CC[C@@H]1CN[C@H](CNC(=O)OCC(F)(F)F)CO1)[C@@H](c1ccc(F)cc1)c1cc(F)cc(F)c1. The highest BCUT2D eigenvalue weighted by atomic mass is 19.4. The van der Waals surface area contributed by atoms with Gasteiger partial charge in [-0.2, -0.15) is 13.2 Å². The van der Waals surface area contributed by atoms with Crippen molar-refractivity contribution in [1.29, 1.82) is 0 Å². The number of halogens is 7. The second-order valence-electron chi connectivity index (χ2n) is 11.2. The molecule has 270 valence electrons. The molecule has 0 bridgehead atoms. The van der Waals surface area contributed by atoms with Crippen molar-refractivity contribution in [2.24, 2.45) is 0 Å². The predicted molar refractivity (Wildman–Crippen MR) is 162 cm³/mol. The number of nitrogens with one attached hydrogen (secondary N) is 4. The van der Waals surface area contributed by atoms with E-state index in [0.717, 1.165) is 37.6 Å². The van der Waals surface area contributed by atoms with Gasteiger partial charge in [0.1, 0.15) is 29.3 Å². The summed E-state index contributed by atoms with van der Waals surface area (Å²) in [5.41, 5.74) is 0.0364. The van der Waals surface area contributed by atoms with Gasteiger partial charge in [-0.15, -0.1) is 0 Å². The number of carbonyl (C=O) groups excluding carboxylic acids is 3. The molecule has 1 aromatic heterocycles. The van der Waals surface area contributed by atoms with Crippen molar-refractivity contribution in [3.63, 3.8) is 0 Å². The van der Waals surface area contributed by atoms with Gasteiger partial charge >= 0.3 is 18.4 Å². The summed E-state index contributed by atoms with van der Waals surface area (Å²) in [6.07, 6.45) is -5.15. The number of hydrogen-bond donors (Lipinski definition) is 4. The van der Waals surface area contributed by atoms with Crippen molar-refractivity contribution in [2.45, 2.75) is 43.1 Å². The van der Waals surface area contributed by atoms with Gasteiger partial charge in [0.05, 0.1) is 37.9 Å². The molecule has 0 unspecified atom stereocenters. The lowest BCUT2D eigenvalue weighted by atomic mass is 9.84. The Labute approximate surface area is 280 Å². The van der Waals surface area contributed by atoms with Crippen LogP contribution in [0.4, 0.5) is 46.0 Å². The molecule has 3 amide bonds. The van der Waals surface area contributed by atoms with E-state index in [2.05, 4.69) is 35.7 Å². The van der Waals surface area contributed by atoms with E-state index in [4.69, 9.17) is 4.74 Å². The van der Waals surface area contributed by atoms with E-state index in [1.165, 1.54) is 18.3 Å². The quantitative estimate of drug-likeness (QED) is 0.198. The van der Waals surface area contributed by atoms with E-state index in [9.17, 15) is 40.7 Å². The molecule has 4 N–H and O–H groups in total. The lowest BCUT2D eigenvalue weighted by Crippen LogP contribution is -2.51. The lowest BCUT2D eigenvalue weighted by molar-refractivity contribution is -0.160. The van der Waals surface area contributed by atoms with Crippen molar-refractivity contribution in [3.8, 4) is 0 Å². The molecule has 3 aromatic rings. The maximum Gasteiger partial charge on any atom is 0.422 e. The number of methoxy groups -OCH3 is 1. The molecule has 4 atom stereocenters. The second kappa shape index (κ2) is 17.1. The third-order valence-electron chi connectivity index (χ3n) is 7.55. The zero-order valence-corrected chi connectivity index (χ0v) is 26.3. The first-order valence-electron chi connectivity index (χ1n) is 15.0. The summed E-state index contributed by atoms with van der Waals surface area (Å²) < 4.78 is 109. The van der Waals surface area contributed by atoms with Crippen LogP contribution in [0.2, 0.25) is 0 Å². The highest BCUT2D eigenvalue weighted by Gasteiger charge is 2.35. The van der Waals surface area contributed by atoms with E-state index in [0.29, 0.717) is 6.07 Å². The fourth-order valence-electron chi connectivity index (χ4n) is 5.22. The molecule has 1 aliphatic rings. The molecular weight excluding hydrogens is 683 g/mol. The molecule has 1 aliphatic heterocycles. The van der Waals surface area contributed by atoms with Gasteiger partial charge < -0.3 is 35.5 Å². The van der Waals surface area contributed by atoms with Gasteiger partial charge in [0.2, 0.25) is 5.91 Å². The first kappa shape index (κ1) is 37.8. The van der Waals surface area contributed by atoms with Crippen LogP contribution in [0.5, 0.6) is 0 Å². The molecule has 50 heavy (non-hydrogen) atoms. The number of rotatable bonds is 12. The Morgan fingerprint density at radius 1 is 0.980 bits per heavy atom. The molecule has 4 rings (SSSR count). The fourth-order valence-corrected chi connectivity index (χ4v) is 5.22. The zero-order chi connectivity index (χ0) is 36.4. The van der Waals surface area contributed by atoms with Crippen LogP contribution in [0.25, 0.3) is 0 Å². The summed E-state index contributed by atoms with van der Waals surface area (Å²) in [6.45, 7) is -1.53. The van der Waals surface area contributed by atoms with Gasteiger partial charge in [0.15, 0.2) is 6.61 Å². The number of nitrogens with zero attached hydrogens (tertiary/aromatic N) is 1. The normalized spacial score (nSPS) is 17.3. The molecule has 18 heteroatoms. The van der Waals surface area contributed by atoms with Gasteiger partial charge in [-0.1, -0.05) is 12.1 Å². The minimum Gasteiger partial charge on any atom is -0.453 e. The van der Waals surface area contributed by atoms with Crippen LogP contribution < -0.4 is 21.3 Å². The summed E-state index contributed by atoms with van der Waals surface area (Å²) >= 11 is 0. The summed E-state index contributed by atoms with van der Waals surface area (Å²) in [6, 6.07) is 5.10. The van der Waals surface area contributed by atoms with Crippen molar-refractivity contribution < 1.29 is 59.3 Å². The molecule has 0 spiro atoms. The van der Waals surface area contributed by atoms with Crippen LogP contribution in [-0.4, -0.2) is 80.9 Å². The molecule has 2 heterocycles. The first-order valence-corrected chi connectivity index (χ1v) is 15.0. The number of morpholine rings is 1. The Balaban J connectivity index is 1.47. The van der Waals surface area contributed by atoms with E-state index >= 15 is 4.39 Å². The first-order chi connectivity index (χ1) is 23.7. The number of alkyl carbamates (subject to hydrolysis) is 2. The topological polar surface area (TPSA) is 140 Å². The van der Waals surface area contributed by atoms with Crippen LogP contribution in [0.1, 0.15) is 29.0 Å².